The molecule has 19 heavy (non-hydrogen) atoms. The molecule has 0 radical (unpaired) electrons. The summed E-state index contributed by atoms with van der Waals surface area (Å²) in [6, 6.07) is 4.23. The van der Waals surface area contributed by atoms with Crippen molar-refractivity contribution >= 4 is 0 Å². The molecule has 3 heteroatoms. The van der Waals surface area contributed by atoms with Crippen molar-refractivity contribution in [2.24, 2.45) is 0 Å². The molecule has 0 saturated heterocycles. The number of hydrogen-bond acceptors (Lipinski definition) is 2. The van der Waals surface area contributed by atoms with E-state index in [4.69, 9.17) is 0 Å². The fourth-order valence-corrected chi connectivity index (χ4v) is 2.27. The van der Waals surface area contributed by atoms with Crippen molar-refractivity contribution in [2.75, 3.05) is 0 Å². The summed E-state index contributed by atoms with van der Waals surface area (Å²) in [6.45, 7) is 10.1. The van der Waals surface area contributed by atoms with E-state index in [0.29, 0.717) is 11.4 Å². The summed E-state index contributed by atoms with van der Waals surface area (Å²) >= 11 is 0. The van der Waals surface area contributed by atoms with Gasteiger partial charge >= 0.3 is 0 Å². The minimum Gasteiger partial charge on any atom is -0.306 e. The molecular formula is C16H20N2O. The smallest absolute Gasteiger partial charge is 0.254 e. The molecule has 2 aromatic rings. The Balaban J connectivity index is 2.69. The average molecular weight is 256 g/mol. The third-order valence-corrected chi connectivity index (χ3v) is 3.68. The Morgan fingerprint density at radius 3 is 2.32 bits per heavy atom. The van der Waals surface area contributed by atoms with E-state index in [1.807, 2.05) is 20.8 Å². The van der Waals surface area contributed by atoms with Gasteiger partial charge in [0.05, 0.1) is 5.69 Å². The topological polar surface area (TPSA) is 45.8 Å². The number of aromatic nitrogens is 2. The summed E-state index contributed by atoms with van der Waals surface area (Å²) in [6.07, 6.45) is 0.770. The van der Waals surface area contributed by atoms with Crippen LogP contribution in [0.25, 0.3) is 11.4 Å². The van der Waals surface area contributed by atoms with Crippen LogP contribution in [-0.2, 0) is 6.42 Å². The molecule has 2 rings (SSSR count). The lowest BCUT2D eigenvalue weighted by atomic mass is 10.00. The second-order valence-corrected chi connectivity index (χ2v) is 5.09. The molecule has 0 atom stereocenters. The van der Waals surface area contributed by atoms with E-state index in [1.165, 1.54) is 11.1 Å². The standard InChI is InChI=1S/C16H20N2O/c1-6-14-12(5)16(19)18-15(17-14)13-8-10(3)9(2)7-11(13)4/h7-8H,6H2,1-5H3,(H,17,18,19). The average Bonchev–Trinajstić information content (AvgIpc) is 2.37. The van der Waals surface area contributed by atoms with Gasteiger partial charge in [0.1, 0.15) is 5.82 Å². The fraction of sp³-hybridized carbons (Fsp3) is 0.375. The lowest BCUT2D eigenvalue weighted by molar-refractivity contribution is 0.953. The first-order valence-electron chi connectivity index (χ1n) is 6.62. The number of aromatic amines is 1. The van der Waals surface area contributed by atoms with Crippen LogP contribution in [0.15, 0.2) is 16.9 Å². The molecule has 1 N–H and O–H groups in total. The predicted octanol–water partition coefficient (Wildman–Crippen LogP) is 3.23. The second-order valence-electron chi connectivity index (χ2n) is 5.09. The van der Waals surface area contributed by atoms with E-state index >= 15 is 0 Å². The van der Waals surface area contributed by atoms with Crippen LogP contribution < -0.4 is 5.56 Å². The summed E-state index contributed by atoms with van der Waals surface area (Å²) in [4.78, 5) is 19.4. The highest BCUT2D eigenvalue weighted by Gasteiger charge is 2.10. The monoisotopic (exact) mass is 256 g/mol. The minimum absolute atomic E-state index is 0.0421. The molecule has 0 aliphatic rings. The molecule has 1 aromatic heterocycles. The Morgan fingerprint density at radius 1 is 1.05 bits per heavy atom. The predicted molar refractivity (Wildman–Crippen MR) is 78.6 cm³/mol. The van der Waals surface area contributed by atoms with Crippen LogP contribution in [0.2, 0.25) is 0 Å². The van der Waals surface area contributed by atoms with Gasteiger partial charge in [0, 0.05) is 11.1 Å². The highest BCUT2D eigenvalue weighted by Crippen LogP contribution is 2.23. The largest absolute Gasteiger partial charge is 0.306 e. The van der Waals surface area contributed by atoms with E-state index < -0.39 is 0 Å². The normalized spacial score (nSPS) is 10.8. The summed E-state index contributed by atoms with van der Waals surface area (Å²) < 4.78 is 0. The first-order chi connectivity index (χ1) is 8.93. The summed E-state index contributed by atoms with van der Waals surface area (Å²) in [5.74, 6) is 0.674. The van der Waals surface area contributed by atoms with Crippen molar-refractivity contribution in [3.63, 3.8) is 0 Å². The van der Waals surface area contributed by atoms with E-state index in [9.17, 15) is 4.79 Å². The molecule has 0 bridgehead atoms. The van der Waals surface area contributed by atoms with Crippen molar-refractivity contribution in [1.29, 1.82) is 0 Å². The molecule has 0 aliphatic heterocycles. The maximum Gasteiger partial charge on any atom is 0.254 e. The number of nitrogens with zero attached hydrogens (tertiary/aromatic N) is 1. The summed E-state index contributed by atoms with van der Waals surface area (Å²) in [7, 11) is 0. The molecule has 0 fully saturated rings. The molecule has 3 nitrogen and oxygen atoms in total. The third kappa shape index (κ3) is 2.46. The highest BCUT2D eigenvalue weighted by atomic mass is 16.1. The Bertz CT molecular complexity index is 684. The van der Waals surface area contributed by atoms with Crippen LogP contribution in [0, 0.1) is 27.7 Å². The van der Waals surface area contributed by atoms with Crippen molar-refractivity contribution in [1.82, 2.24) is 9.97 Å². The van der Waals surface area contributed by atoms with Crippen LogP contribution in [0.4, 0.5) is 0 Å². The maximum atomic E-state index is 12.0. The number of rotatable bonds is 2. The molecule has 0 aliphatic carbocycles. The zero-order chi connectivity index (χ0) is 14.2. The number of aryl methyl sites for hydroxylation is 4. The molecular weight excluding hydrogens is 236 g/mol. The van der Waals surface area contributed by atoms with E-state index in [-0.39, 0.29) is 5.56 Å². The van der Waals surface area contributed by atoms with E-state index in [2.05, 4.69) is 35.9 Å². The molecule has 0 unspecified atom stereocenters. The Morgan fingerprint density at radius 2 is 1.68 bits per heavy atom. The zero-order valence-corrected chi connectivity index (χ0v) is 12.2. The molecule has 0 saturated carbocycles. The van der Waals surface area contributed by atoms with Crippen LogP contribution in [-0.4, -0.2) is 9.97 Å². The highest BCUT2D eigenvalue weighted by molar-refractivity contribution is 5.62. The number of hydrogen-bond donors (Lipinski definition) is 1. The van der Waals surface area contributed by atoms with Crippen molar-refractivity contribution in [2.45, 2.75) is 41.0 Å². The Hall–Kier alpha value is -1.90. The minimum atomic E-state index is -0.0421. The van der Waals surface area contributed by atoms with Gasteiger partial charge in [0.25, 0.3) is 5.56 Å². The summed E-state index contributed by atoms with van der Waals surface area (Å²) in [5, 5.41) is 0. The van der Waals surface area contributed by atoms with Crippen molar-refractivity contribution in [3.8, 4) is 11.4 Å². The third-order valence-electron chi connectivity index (χ3n) is 3.68. The van der Waals surface area contributed by atoms with E-state index in [1.54, 1.807) is 0 Å². The summed E-state index contributed by atoms with van der Waals surface area (Å²) in [5.41, 5.74) is 6.16. The SMILES string of the molecule is CCc1nc(-c2cc(C)c(C)cc2C)[nH]c(=O)c1C. The van der Waals surface area contributed by atoms with Gasteiger partial charge < -0.3 is 4.98 Å². The second kappa shape index (κ2) is 5.00. The van der Waals surface area contributed by atoms with Gasteiger partial charge in [-0.05, 0) is 56.9 Å². The van der Waals surface area contributed by atoms with Crippen molar-refractivity contribution in [3.05, 3.63) is 50.4 Å². The van der Waals surface area contributed by atoms with Gasteiger partial charge in [0.15, 0.2) is 0 Å². The first-order valence-corrected chi connectivity index (χ1v) is 6.62. The Labute approximate surface area is 113 Å². The number of H-pyrrole nitrogens is 1. The lowest BCUT2D eigenvalue weighted by Gasteiger charge is -2.11. The molecule has 1 aromatic carbocycles. The van der Waals surface area contributed by atoms with Crippen LogP contribution in [0.5, 0.6) is 0 Å². The van der Waals surface area contributed by atoms with Gasteiger partial charge in [-0.15, -0.1) is 0 Å². The van der Waals surface area contributed by atoms with Crippen LogP contribution in [0.3, 0.4) is 0 Å². The van der Waals surface area contributed by atoms with Crippen LogP contribution >= 0.6 is 0 Å². The number of benzene rings is 1. The Kier molecular flexibility index (Phi) is 3.56. The van der Waals surface area contributed by atoms with Gasteiger partial charge in [-0.3, -0.25) is 4.79 Å². The van der Waals surface area contributed by atoms with Gasteiger partial charge in [-0.1, -0.05) is 13.0 Å². The van der Waals surface area contributed by atoms with E-state index in [0.717, 1.165) is 23.2 Å². The molecule has 1 heterocycles. The molecule has 0 amide bonds. The molecule has 0 spiro atoms. The zero-order valence-electron chi connectivity index (χ0n) is 12.2. The lowest BCUT2D eigenvalue weighted by Crippen LogP contribution is -2.16. The first kappa shape index (κ1) is 13.5. The fourth-order valence-electron chi connectivity index (χ4n) is 2.27. The molecule has 100 valence electrons. The van der Waals surface area contributed by atoms with Crippen molar-refractivity contribution < 1.29 is 0 Å². The van der Waals surface area contributed by atoms with Gasteiger partial charge in [-0.2, -0.15) is 0 Å². The van der Waals surface area contributed by atoms with Gasteiger partial charge in [-0.25, -0.2) is 4.98 Å². The maximum absolute atomic E-state index is 12.0. The van der Waals surface area contributed by atoms with Gasteiger partial charge in [0.2, 0.25) is 0 Å². The number of nitrogens with one attached hydrogen (secondary N) is 1. The van der Waals surface area contributed by atoms with Crippen LogP contribution in [0.1, 0.15) is 34.9 Å². The quantitative estimate of drug-likeness (QED) is 0.896.